The van der Waals surface area contributed by atoms with Gasteiger partial charge in [-0.3, -0.25) is 0 Å². The minimum Gasteiger partial charge on any atom is -0.504 e. The zero-order valence-electron chi connectivity index (χ0n) is 10.8. The van der Waals surface area contributed by atoms with Crippen molar-refractivity contribution >= 4 is 0 Å². The first-order chi connectivity index (χ1) is 9.31. The second-order valence-corrected chi connectivity index (χ2v) is 4.00. The average Bonchev–Trinajstić information content (AvgIpc) is 2.44. The predicted molar refractivity (Wildman–Crippen MR) is 71.9 cm³/mol. The van der Waals surface area contributed by atoms with E-state index in [4.69, 9.17) is 4.74 Å². The lowest BCUT2D eigenvalue weighted by Gasteiger charge is -2.10. The van der Waals surface area contributed by atoms with Crippen LogP contribution in [0.25, 0.3) is 0 Å². The Labute approximate surface area is 112 Å². The second kappa shape index (κ2) is 6.70. The van der Waals surface area contributed by atoms with Crippen molar-refractivity contribution in [2.45, 2.75) is 20.0 Å². The van der Waals surface area contributed by atoms with E-state index < -0.39 is 0 Å². The van der Waals surface area contributed by atoms with E-state index in [2.05, 4.69) is 15.3 Å². The molecule has 0 bridgehead atoms. The molecule has 100 valence electrons. The smallest absolute Gasteiger partial charge is 0.162 e. The van der Waals surface area contributed by atoms with Crippen LogP contribution in [0.4, 0.5) is 0 Å². The van der Waals surface area contributed by atoms with Crippen LogP contribution in [0.3, 0.4) is 0 Å². The van der Waals surface area contributed by atoms with Crippen molar-refractivity contribution in [1.29, 1.82) is 0 Å². The molecule has 0 fully saturated rings. The highest BCUT2D eigenvalue weighted by molar-refractivity contribution is 5.45. The number of aromatic nitrogens is 2. The van der Waals surface area contributed by atoms with Crippen molar-refractivity contribution in [2.24, 2.45) is 0 Å². The molecule has 0 spiro atoms. The van der Waals surface area contributed by atoms with Gasteiger partial charge in [0.15, 0.2) is 11.5 Å². The van der Waals surface area contributed by atoms with Crippen molar-refractivity contribution in [3.63, 3.8) is 0 Å². The number of nitrogens with zero attached hydrogens (tertiary/aromatic N) is 2. The van der Waals surface area contributed by atoms with Crippen LogP contribution in [-0.4, -0.2) is 21.7 Å². The van der Waals surface area contributed by atoms with Crippen LogP contribution in [-0.2, 0) is 13.1 Å². The summed E-state index contributed by atoms with van der Waals surface area (Å²) < 4.78 is 5.34. The standard InChI is InChI=1S/C14H17N3O2/c1-2-19-13-5-3-4-11(14(13)18)8-16-9-12-6-7-15-10-17-12/h3-7,10,16,18H,2,8-9H2,1H3. The zero-order chi connectivity index (χ0) is 13.5. The highest BCUT2D eigenvalue weighted by atomic mass is 16.5. The van der Waals surface area contributed by atoms with Crippen LogP contribution < -0.4 is 10.1 Å². The predicted octanol–water partition coefficient (Wildman–Crippen LogP) is 1.87. The molecule has 0 amide bonds. The fraction of sp³-hybridized carbons (Fsp3) is 0.286. The number of nitrogens with one attached hydrogen (secondary N) is 1. The highest BCUT2D eigenvalue weighted by Crippen LogP contribution is 2.29. The van der Waals surface area contributed by atoms with Gasteiger partial charge in [0.2, 0.25) is 0 Å². The third-order valence-electron chi connectivity index (χ3n) is 2.65. The molecular formula is C14H17N3O2. The first kappa shape index (κ1) is 13.3. The molecule has 2 aromatic rings. The molecule has 0 aliphatic carbocycles. The Bertz CT molecular complexity index is 517. The maximum absolute atomic E-state index is 10.0. The maximum atomic E-state index is 10.0. The summed E-state index contributed by atoms with van der Waals surface area (Å²) in [6, 6.07) is 7.34. The van der Waals surface area contributed by atoms with Crippen molar-refractivity contribution in [3.8, 4) is 11.5 Å². The van der Waals surface area contributed by atoms with Crippen LogP contribution in [0, 0.1) is 0 Å². The Morgan fingerprint density at radius 3 is 2.89 bits per heavy atom. The van der Waals surface area contributed by atoms with Crippen LogP contribution in [0.2, 0.25) is 0 Å². The minimum absolute atomic E-state index is 0.194. The lowest BCUT2D eigenvalue weighted by Crippen LogP contribution is -2.14. The number of phenolic OH excluding ortho intramolecular Hbond substituents is 1. The normalized spacial score (nSPS) is 10.4. The SMILES string of the molecule is CCOc1cccc(CNCc2ccncn2)c1O. The van der Waals surface area contributed by atoms with Crippen LogP contribution in [0.15, 0.2) is 36.8 Å². The maximum Gasteiger partial charge on any atom is 0.162 e. The number of hydrogen-bond donors (Lipinski definition) is 2. The van der Waals surface area contributed by atoms with Crippen LogP contribution >= 0.6 is 0 Å². The largest absolute Gasteiger partial charge is 0.504 e. The van der Waals surface area contributed by atoms with Gasteiger partial charge in [0.05, 0.1) is 12.3 Å². The summed E-state index contributed by atoms with van der Waals surface area (Å²) in [6.07, 6.45) is 3.22. The molecule has 19 heavy (non-hydrogen) atoms. The Balaban J connectivity index is 1.94. The average molecular weight is 259 g/mol. The summed E-state index contributed by atoms with van der Waals surface area (Å²) >= 11 is 0. The van der Waals surface area contributed by atoms with Crippen molar-refractivity contribution in [2.75, 3.05) is 6.61 Å². The molecule has 0 aliphatic heterocycles. The fourth-order valence-electron chi connectivity index (χ4n) is 1.73. The number of rotatable bonds is 6. The third-order valence-corrected chi connectivity index (χ3v) is 2.65. The molecule has 5 heteroatoms. The molecule has 2 rings (SSSR count). The number of benzene rings is 1. The summed E-state index contributed by atoms with van der Waals surface area (Å²) in [5.41, 5.74) is 1.72. The minimum atomic E-state index is 0.194. The van der Waals surface area contributed by atoms with Gasteiger partial charge in [-0.05, 0) is 19.1 Å². The van der Waals surface area contributed by atoms with E-state index in [9.17, 15) is 5.11 Å². The van der Waals surface area contributed by atoms with Crippen LogP contribution in [0.1, 0.15) is 18.2 Å². The zero-order valence-corrected chi connectivity index (χ0v) is 10.8. The Morgan fingerprint density at radius 2 is 2.16 bits per heavy atom. The van der Waals surface area contributed by atoms with Crippen LogP contribution in [0.5, 0.6) is 11.5 Å². The van der Waals surface area contributed by atoms with Gasteiger partial charge in [-0.15, -0.1) is 0 Å². The van der Waals surface area contributed by atoms with Crippen molar-refractivity contribution in [1.82, 2.24) is 15.3 Å². The van der Waals surface area contributed by atoms with Crippen molar-refractivity contribution < 1.29 is 9.84 Å². The molecule has 0 saturated heterocycles. The summed E-state index contributed by atoms with van der Waals surface area (Å²) in [5, 5.41) is 13.2. The van der Waals surface area contributed by atoms with Gasteiger partial charge in [-0.2, -0.15) is 0 Å². The number of para-hydroxylation sites is 1. The van der Waals surface area contributed by atoms with E-state index in [1.54, 1.807) is 12.3 Å². The number of phenols is 1. The molecule has 0 unspecified atom stereocenters. The molecule has 0 aliphatic rings. The van der Waals surface area contributed by atoms with Gasteiger partial charge in [-0.25, -0.2) is 9.97 Å². The van der Waals surface area contributed by atoms with E-state index in [0.29, 0.717) is 25.4 Å². The third kappa shape index (κ3) is 3.66. The Kier molecular flexibility index (Phi) is 4.69. The van der Waals surface area contributed by atoms with Gasteiger partial charge in [0.25, 0.3) is 0 Å². The Hall–Kier alpha value is -2.14. The molecule has 2 N–H and O–H groups in total. The molecule has 0 atom stereocenters. The molecular weight excluding hydrogens is 242 g/mol. The van der Waals surface area contributed by atoms with Gasteiger partial charge in [0, 0.05) is 24.8 Å². The molecule has 0 saturated carbocycles. The first-order valence-electron chi connectivity index (χ1n) is 6.20. The number of hydrogen-bond acceptors (Lipinski definition) is 5. The number of aromatic hydroxyl groups is 1. The topological polar surface area (TPSA) is 67.3 Å². The lowest BCUT2D eigenvalue weighted by molar-refractivity contribution is 0.316. The van der Waals surface area contributed by atoms with E-state index >= 15 is 0 Å². The Morgan fingerprint density at radius 1 is 1.26 bits per heavy atom. The molecule has 5 nitrogen and oxygen atoms in total. The first-order valence-corrected chi connectivity index (χ1v) is 6.20. The monoisotopic (exact) mass is 259 g/mol. The summed E-state index contributed by atoms with van der Waals surface area (Å²) in [7, 11) is 0. The van der Waals surface area contributed by atoms with Crippen molar-refractivity contribution in [3.05, 3.63) is 48.0 Å². The van der Waals surface area contributed by atoms with Gasteiger partial charge in [0.1, 0.15) is 6.33 Å². The van der Waals surface area contributed by atoms with E-state index in [1.807, 2.05) is 25.1 Å². The molecule has 1 heterocycles. The summed E-state index contributed by atoms with van der Waals surface area (Å²) in [5.74, 6) is 0.711. The van der Waals surface area contributed by atoms with E-state index in [0.717, 1.165) is 11.3 Å². The van der Waals surface area contributed by atoms with Gasteiger partial charge < -0.3 is 15.2 Å². The second-order valence-electron chi connectivity index (χ2n) is 4.00. The molecule has 0 radical (unpaired) electrons. The van der Waals surface area contributed by atoms with E-state index in [-0.39, 0.29) is 5.75 Å². The van der Waals surface area contributed by atoms with Gasteiger partial charge in [-0.1, -0.05) is 12.1 Å². The molecule has 1 aromatic carbocycles. The summed E-state index contributed by atoms with van der Waals surface area (Å²) in [4.78, 5) is 7.98. The molecule has 1 aromatic heterocycles. The van der Waals surface area contributed by atoms with E-state index in [1.165, 1.54) is 6.33 Å². The lowest BCUT2D eigenvalue weighted by atomic mass is 10.2. The van der Waals surface area contributed by atoms with Gasteiger partial charge >= 0.3 is 0 Å². The highest BCUT2D eigenvalue weighted by Gasteiger charge is 2.07. The quantitative estimate of drug-likeness (QED) is 0.829. The summed E-state index contributed by atoms with van der Waals surface area (Å²) in [6.45, 7) is 3.60. The fourth-order valence-corrected chi connectivity index (χ4v) is 1.73. The number of ether oxygens (including phenoxy) is 1.